The van der Waals surface area contributed by atoms with Gasteiger partial charge in [0.1, 0.15) is 0 Å². The van der Waals surface area contributed by atoms with Gasteiger partial charge >= 0.3 is 0 Å². The van der Waals surface area contributed by atoms with E-state index in [0.717, 1.165) is 5.56 Å². The number of hydrazone groups is 1. The second-order valence-corrected chi connectivity index (χ2v) is 3.13. The van der Waals surface area contributed by atoms with E-state index in [4.69, 9.17) is 5.41 Å². The third-order valence-electron chi connectivity index (χ3n) is 1.38. The zero-order chi connectivity index (χ0) is 9.52. The number of hydrogen-bond acceptors (Lipinski definition) is 3. The minimum absolute atomic E-state index is 0. The zero-order valence-corrected chi connectivity index (χ0v) is 10.9. The molecule has 76 valence electrons. The molecule has 0 aliphatic rings. The minimum atomic E-state index is 0. The Labute approximate surface area is 105 Å². The number of amidine groups is 1. The van der Waals surface area contributed by atoms with Crippen LogP contribution < -0.4 is 5.43 Å². The molecule has 0 amide bonds. The highest BCUT2D eigenvalue weighted by Gasteiger charge is 1.87. The summed E-state index contributed by atoms with van der Waals surface area (Å²) < 4.78 is 0. The molecule has 0 unspecified atom stereocenters. The van der Waals surface area contributed by atoms with E-state index in [2.05, 4.69) is 10.5 Å². The number of benzene rings is 1. The number of rotatable bonds is 2. The van der Waals surface area contributed by atoms with Gasteiger partial charge in [0.25, 0.3) is 0 Å². The van der Waals surface area contributed by atoms with Gasteiger partial charge in [-0.05, 0) is 11.8 Å². The largest absolute Gasteiger partial charge is 0.277 e. The Kier molecular flexibility index (Phi) is 7.50. The smallest absolute Gasteiger partial charge is 0.174 e. The van der Waals surface area contributed by atoms with Crippen LogP contribution in [0.4, 0.5) is 0 Å². The fourth-order valence-corrected chi connectivity index (χ4v) is 0.894. The van der Waals surface area contributed by atoms with Gasteiger partial charge in [-0.15, -0.1) is 24.0 Å². The normalized spacial score (nSPS) is 9.50. The van der Waals surface area contributed by atoms with E-state index in [0.29, 0.717) is 5.17 Å². The Balaban J connectivity index is 0.00000169. The third-order valence-corrected chi connectivity index (χ3v) is 1.88. The van der Waals surface area contributed by atoms with E-state index >= 15 is 0 Å². The molecule has 2 N–H and O–H groups in total. The van der Waals surface area contributed by atoms with Crippen LogP contribution in [0.15, 0.2) is 35.4 Å². The van der Waals surface area contributed by atoms with E-state index in [1.165, 1.54) is 11.8 Å². The van der Waals surface area contributed by atoms with Crippen LogP contribution in [0.3, 0.4) is 0 Å². The van der Waals surface area contributed by atoms with E-state index in [1.807, 2.05) is 36.6 Å². The molecule has 14 heavy (non-hydrogen) atoms. The molecule has 0 radical (unpaired) electrons. The van der Waals surface area contributed by atoms with E-state index in [9.17, 15) is 0 Å². The van der Waals surface area contributed by atoms with Gasteiger partial charge in [0.2, 0.25) is 0 Å². The van der Waals surface area contributed by atoms with Crippen LogP contribution >= 0.6 is 35.7 Å². The van der Waals surface area contributed by atoms with Gasteiger partial charge in [-0.25, -0.2) is 0 Å². The molecule has 1 rings (SSSR count). The van der Waals surface area contributed by atoms with Crippen LogP contribution in [0, 0.1) is 5.41 Å². The Hall–Kier alpha value is -0.560. The summed E-state index contributed by atoms with van der Waals surface area (Å²) in [6.45, 7) is 0. The zero-order valence-electron chi connectivity index (χ0n) is 7.73. The summed E-state index contributed by atoms with van der Waals surface area (Å²) in [5.74, 6) is 0. The topological polar surface area (TPSA) is 48.2 Å². The summed E-state index contributed by atoms with van der Waals surface area (Å²) in [5.41, 5.74) is 3.61. The first kappa shape index (κ1) is 13.4. The Morgan fingerprint density at radius 3 is 2.64 bits per heavy atom. The SMILES string of the molecule is CSC(=N)NN=Cc1ccccc1.I. The Morgan fingerprint density at radius 1 is 1.43 bits per heavy atom. The number of nitrogens with one attached hydrogen (secondary N) is 2. The van der Waals surface area contributed by atoms with E-state index in [-0.39, 0.29) is 24.0 Å². The molecule has 5 heteroatoms. The highest BCUT2D eigenvalue weighted by molar-refractivity contribution is 14.0. The molecular formula is C9H12IN3S. The Bertz CT molecular complexity index is 300. The second-order valence-electron chi connectivity index (χ2n) is 2.31. The summed E-state index contributed by atoms with van der Waals surface area (Å²) in [6.07, 6.45) is 3.51. The van der Waals surface area contributed by atoms with Gasteiger partial charge in [0, 0.05) is 0 Å². The van der Waals surface area contributed by atoms with Crippen molar-refractivity contribution in [2.75, 3.05) is 6.26 Å². The first-order valence-electron chi connectivity index (χ1n) is 3.79. The van der Waals surface area contributed by atoms with Crippen molar-refractivity contribution in [3.05, 3.63) is 35.9 Å². The van der Waals surface area contributed by atoms with Crippen molar-refractivity contribution in [1.29, 1.82) is 5.41 Å². The maximum absolute atomic E-state index is 7.24. The van der Waals surface area contributed by atoms with Crippen LogP contribution in [0.25, 0.3) is 0 Å². The van der Waals surface area contributed by atoms with Crippen molar-refractivity contribution in [1.82, 2.24) is 5.43 Å². The van der Waals surface area contributed by atoms with E-state index in [1.54, 1.807) is 6.21 Å². The average molecular weight is 321 g/mol. The quantitative estimate of drug-likeness (QED) is 0.381. The minimum Gasteiger partial charge on any atom is -0.277 e. The highest BCUT2D eigenvalue weighted by Crippen LogP contribution is 1.94. The molecule has 0 fully saturated rings. The predicted octanol–water partition coefficient (Wildman–Crippen LogP) is 2.53. The predicted molar refractivity (Wildman–Crippen MR) is 73.8 cm³/mol. The molecule has 1 aromatic rings. The molecule has 0 bridgehead atoms. The fourth-order valence-electron chi connectivity index (χ4n) is 0.750. The summed E-state index contributed by atoms with van der Waals surface area (Å²) in [6, 6.07) is 9.75. The van der Waals surface area contributed by atoms with E-state index < -0.39 is 0 Å². The van der Waals surface area contributed by atoms with Crippen LogP contribution in [-0.4, -0.2) is 17.6 Å². The molecule has 0 saturated carbocycles. The summed E-state index contributed by atoms with van der Waals surface area (Å²) >= 11 is 1.32. The lowest BCUT2D eigenvalue weighted by molar-refractivity contribution is 1.04. The molecule has 0 heterocycles. The molecule has 0 aliphatic heterocycles. The number of thioether (sulfide) groups is 1. The lowest BCUT2D eigenvalue weighted by Crippen LogP contribution is -2.11. The van der Waals surface area contributed by atoms with Crippen LogP contribution in [-0.2, 0) is 0 Å². The first-order valence-corrected chi connectivity index (χ1v) is 5.02. The van der Waals surface area contributed by atoms with Crippen LogP contribution in [0.1, 0.15) is 5.56 Å². The van der Waals surface area contributed by atoms with Gasteiger partial charge in [0.05, 0.1) is 6.21 Å². The van der Waals surface area contributed by atoms with Crippen molar-refractivity contribution in [2.24, 2.45) is 5.10 Å². The second kappa shape index (κ2) is 7.81. The van der Waals surface area contributed by atoms with Crippen LogP contribution in [0.2, 0.25) is 0 Å². The van der Waals surface area contributed by atoms with Crippen molar-refractivity contribution in [3.8, 4) is 0 Å². The van der Waals surface area contributed by atoms with Gasteiger partial charge in [-0.2, -0.15) is 5.10 Å². The average Bonchev–Trinajstić information content (AvgIpc) is 2.19. The lowest BCUT2D eigenvalue weighted by Gasteiger charge is -1.96. The maximum Gasteiger partial charge on any atom is 0.174 e. The standard InChI is InChI=1S/C9H11N3S.HI/c1-13-9(10)12-11-7-8-5-3-2-4-6-8;/h2-7H,1H3,(H2,10,12);1H. The summed E-state index contributed by atoms with van der Waals surface area (Å²) in [5, 5.41) is 11.5. The van der Waals surface area contributed by atoms with Crippen molar-refractivity contribution >= 4 is 47.1 Å². The van der Waals surface area contributed by atoms with Gasteiger partial charge in [0.15, 0.2) is 5.17 Å². The van der Waals surface area contributed by atoms with Crippen molar-refractivity contribution < 1.29 is 0 Å². The molecule has 3 nitrogen and oxygen atoms in total. The number of halogens is 1. The van der Waals surface area contributed by atoms with Crippen molar-refractivity contribution in [2.45, 2.75) is 0 Å². The van der Waals surface area contributed by atoms with Gasteiger partial charge < -0.3 is 0 Å². The van der Waals surface area contributed by atoms with Gasteiger partial charge in [-0.3, -0.25) is 10.8 Å². The molecule has 0 atom stereocenters. The monoisotopic (exact) mass is 321 g/mol. The van der Waals surface area contributed by atoms with Crippen molar-refractivity contribution in [3.63, 3.8) is 0 Å². The summed E-state index contributed by atoms with van der Waals surface area (Å²) in [4.78, 5) is 0. The molecule has 0 aromatic heterocycles. The molecule has 0 aliphatic carbocycles. The summed E-state index contributed by atoms with van der Waals surface area (Å²) in [7, 11) is 0. The molecule has 0 saturated heterocycles. The first-order chi connectivity index (χ1) is 6.33. The fraction of sp³-hybridized carbons (Fsp3) is 0.111. The third kappa shape index (κ3) is 5.23. The maximum atomic E-state index is 7.24. The molecular weight excluding hydrogens is 309 g/mol. The molecule has 1 aromatic carbocycles. The van der Waals surface area contributed by atoms with Crippen LogP contribution in [0.5, 0.6) is 0 Å². The molecule has 0 spiro atoms. The number of hydrogen-bond donors (Lipinski definition) is 2. The lowest BCUT2D eigenvalue weighted by atomic mass is 10.2. The van der Waals surface area contributed by atoms with Gasteiger partial charge in [-0.1, -0.05) is 42.1 Å². The Morgan fingerprint density at radius 2 is 2.07 bits per heavy atom. The number of nitrogens with zero attached hydrogens (tertiary/aromatic N) is 1. The highest BCUT2D eigenvalue weighted by atomic mass is 127.